The quantitative estimate of drug-likeness (QED) is 0.914. The van der Waals surface area contributed by atoms with E-state index in [4.69, 9.17) is 5.26 Å². The smallest absolute Gasteiger partial charge is 0.259 e. The topological polar surface area (TPSA) is 52.9 Å². The van der Waals surface area contributed by atoms with Crippen LogP contribution in [0.3, 0.4) is 0 Å². The van der Waals surface area contributed by atoms with Gasteiger partial charge >= 0.3 is 0 Å². The molecule has 0 radical (unpaired) electrons. The molecule has 2 aromatic rings. The molecule has 0 saturated carbocycles. The summed E-state index contributed by atoms with van der Waals surface area (Å²) in [7, 11) is 0. The fourth-order valence-corrected chi connectivity index (χ4v) is 2.40. The molecule has 0 saturated heterocycles. The second-order valence-electron chi connectivity index (χ2n) is 3.35. The van der Waals surface area contributed by atoms with Crippen LogP contribution < -0.4 is 5.32 Å². The minimum atomic E-state index is -0.614. The van der Waals surface area contributed by atoms with E-state index in [-0.39, 0.29) is 5.56 Å². The number of anilines is 1. The molecule has 1 aromatic carbocycles. The van der Waals surface area contributed by atoms with Crippen molar-refractivity contribution in [2.75, 3.05) is 5.32 Å². The van der Waals surface area contributed by atoms with Crippen LogP contribution >= 0.6 is 27.3 Å². The van der Waals surface area contributed by atoms with Gasteiger partial charge in [0.05, 0.1) is 11.1 Å². The van der Waals surface area contributed by atoms with E-state index in [1.165, 1.54) is 23.5 Å². The lowest BCUT2D eigenvalue weighted by atomic mass is 10.2. The fraction of sp³-hybridized carbons (Fsp3) is 0. The zero-order valence-electron chi connectivity index (χ0n) is 8.91. The van der Waals surface area contributed by atoms with Gasteiger partial charge in [0.25, 0.3) is 5.91 Å². The maximum absolute atomic E-state index is 13.6. The van der Waals surface area contributed by atoms with Gasteiger partial charge in [-0.2, -0.15) is 5.26 Å². The summed E-state index contributed by atoms with van der Waals surface area (Å²) in [6.45, 7) is 0. The zero-order valence-corrected chi connectivity index (χ0v) is 11.3. The second kappa shape index (κ2) is 5.29. The Hall–Kier alpha value is -1.71. The van der Waals surface area contributed by atoms with Crippen LogP contribution in [0.25, 0.3) is 0 Å². The SMILES string of the molecule is N#Cc1ccsc1NC(=O)c1ccc(Br)cc1F. The number of carbonyl (C=O) groups is 1. The molecule has 0 aliphatic carbocycles. The van der Waals surface area contributed by atoms with E-state index in [9.17, 15) is 9.18 Å². The minimum absolute atomic E-state index is 0.0597. The highest BCUT2D eigenvalue weighted by Crippen LogP contribution is 2.23. The Kier molecular flexibility index (Phi) is 3.75. The molecule has 0 aliphatic heterocycles. The Morgan fingerprint density at radius 2 is 2.22 bits per heavy atom. The maximum atomic E-state index is 13.6. The summed E-state index contributed by atoms with van der Waals surface area (Å²) < 4.78 is 14.1. The van der Waals surface area contributed by atoms with Gasteiger partial charge in [-0.15, -0.1) is 11.3 Å². The standard InChI is InChI=1S/C12H6BrFN2OS/c13-8-1-2-9(10(14)5-8)11(17)16-12-7(6-15)3-4-18-12/h1-5H,(H,16,17). The van der Waals surface area contributed by atoms with Gasteiger partial charge in [-0.05, 0) is 29.6 Å². The highest BCUT2D eigenvalue weighted by atomic mass is 79.9. The highest BCUT2D eigenvalue weighted by molar-refractivity contribution is 9.10. The van der Waals surface area contributed by atoms with Crippen molar-refractivity contribution in [3.8, 4) is 6.07 Å². The number of benzene rings is 1. The zero-order chi connectivity index (χ0) is 13.1. The number of nitrogens with zero attached hydrogens (tertiary/aromatic N) is 1. The normalized spacial score (nSPS) is 9.83. The minimum Gasteiger partial charge on any atom is -0.312 e. The molecule has 18 heavy (non-hydrogen) atoms. The van der Waals surface area contributed by atoms with Crippen molar-refractivity contribution in [2.24, 2.45) is 0 Å². The van der Waals surface area contributed by atoms with Crippen LogP contribution in [0.1, 0.15) is 15.9 Å². The van der Waals surface area contributed by atoms with Crippen molar-refractivity contribution in [1.29, 1.82) is 5.26 Å². The van der Waals surface area contributed by atoms with Gasteiger partial charge in [-0.1, -0.05) is 15.9 Å². The van der Waals surface area contributed by atoms with Crippen LogP contribution in [0.4, 0.5) is 9.39 Å². The summed E-state index contributed by atoms with van der Waals surface area (Å²) in [5.74, 6) is -1.18. The van der Waals surface area contributed by atoms with Crippen LogP contribution in [0.5, 0.6) is 0 Å². The van der Waals surface area contributed by atoms with Crippen molar-refractivity contribution >= 4 is 38.2 Å². The Morgan fingerprint density at radius 3 is 2.89 bits per heavy atom. The predicted molar refractivity (Wildman–Crippen MR) is 71.1 cm³/mol. The first-order valence-electron chi connectivity index (χ1n) is 4.86. The molecule has 2 rings (SSSR count). The van der Waals surface area contributed by atoms with Gasteiger partial charge in [0.1, 0.15) is 16.9 Å². The Balaban J connectivity index is 2.25. The molecule has 3 nitrogen and oxygen atoms in total. The predicted octanol–water partition coefficient (Wildman–Crippen LogP) is 3.77. The number of amides is 1. The lowest BCUT2D eigenvalue weighted by Crippen LogP contribution is -2.13. The molecule has 6 heteroatoms. The van der Waals surface area contributed by atoms with E-state index in [2.05, 4.69) is 21.2 Å². The van der Waals surface area contributed by atoms with Crippen LogP contribution in [-0.2, 0) is 0 Å². The average Bonchev–Trinajstić information content (AvgIpc) is 2.76. The number of hydrogen-bond donors (Lipinski definition) is 1. The Labute approximate surface area is 115 Å². The number of nitriles is 1. The number of halogens is 2. The summed E-state index contributed by atoms with van der Waals surface area (Å²) in [6, 6.07) is 7.73. The first-order chi connectivity index (χ1) is 8.61. The Morgan fingerprint density at radius 1 is 1.44 bits per heavy atom. The van der Waals surface area contributed by atoms with Crippen LogP contribution in [0.2, 0.25) is 0 Å². The lowest BCUT2D eigenvalue weighted by molar-refractivity contribution is 0.102. The third-order valence-corrected chi connectivity index (χ3v) is 3.51. The van der Waals surface area contributed by atoms with Crippen molar-refractivity contribution in [1.82, 2.24) is 0 Å². The first kappa shape index (κ1) is 12.7. The molecule has 1 N–H and O–H groups in total. The molecule has 1 amide bonds. The van der Waals surface area contributed by atoms with Gasteiger partial charge in [0.15, 0.2) is 0 Å². The molecular weight excluding hydrogens is 319 g/mol. The third-order valence-electron chi connectivity index (χ3n) is 2.19. The van der Waals surface area contributed by atoms with Gasteiger partial charge in [0, 0.05) is 4.47 Å². The molecule has 1 heterocycles. The van der Waals surface area contributed by atoms with E-state index in [1.807, 2.05) is 6.07 Å². The molecule has 0 atom stereocenters. The molecular formula is C12H6BrFN2OS. The third kappa shape index (κ3) is 2.58. The van der Waals surface area contributed by atoms with Gasteiger partial charge in [-0.25, -0.2) is 4.39 Å². The van der Waals surface area contributed by atoms with E-state index in [1.54, 1.807) is 17.5 Å². The number of hydrogen-bond acceptors (Lipinski definition) is 3. The molecule has 0 spiro atoms. The number of thiophene rings is 1. The van der Waals surface area contributed by atoms with Crippen molar-refractivity contribution in [3.05, 3.63) is 51.1 Å². The van der Waals surface area contributed by atoms with Crippen LogP contribution in [0.15, 0.2) is 34.1 Å². The number of nitrogens with one attached hydrogen (secondary N) is 1. The molecule has 0 aliphatic rings. The van der Waals surface area contributed by atoms with E-state index < -0.39 is 11.7 Å². The second-order valence-corrected chi connectivity index (χ2v) is 5.19. The van der Waals surface area contributed by atoms with E-state index in [0.29, 0.717) is 15.0 Å². The largest absolute Gasteiger partial charge is 0.312 e. The first-order valence-corrected chi connectivity index (χ1v) is 6.53. The van der Waals surface area contributed by atoms with Crippen molar-refractivity contribution in [3.63, 3.8) is 0 Å². The molecule has 0 fully saturated rings. The summed E-state index contributed by atoms with van der Waals surface area (Å²) in [4.78, 5) is 11.8. The molecule has 0 bridgehead atoms. The summed E-state index contributed by atoms with van der Waals surface area (Å²) in [6.07, 6.45) is 0. The van der Waals surface area contributed by atoms with Crippen molar-refractivity contribution < 1.29 is 9.18 Å². The van der Waals surface area contributed by atoms with E-state index in [0.717, 1.165) is 0 Å². The molecule has 1 aromatic heterocycles. The molecule has 90 valence electrons. The van der Waals surface area contributed by atoms with Crippen LogP contribution in [-0.4, -0.2) is 5.91 Å². The van der Waals surface area contributed by atoms with Gasteiger partial charge in [0.2, 0.25) is 0 Å². The fourth-order valence-electron chi connectivity index (χ4n) is 1.34. The highest BCUT2D eigenvalue weighted by Gasteiger charge is 2.14. The monoisotopic (exact) mass is 324 g/mol. The maximum Gasteiger partial charge on any atom is 0.259 e. The summed E-state index contributed by atoms with van der Waals surface area (Å²) >= 11 is 4.34. The Bertz CT molecular complexity index is 648. The molecule has 0 unspecified atom stereocenters. The van der Waals surface area contributed by atoms with E-state index >= 15 is 0 Å². The lowest BCUT2D eigenvalue weighted by Gasteiger charge is -2.04. The van der Waals surface area contributed by atoms with Gasteiger partial charge < -0.3 is 5.32 Å². The number of carbonyl (C=O) groups excluding carboxylic acids is 1. The van der Waals surface area contributed by atoms with Gasteiger partial charge in [-0.3, -0.25) is 4.79 Å². The summed E-state index contributed by atoms with van der Waals surface area (Å²) in [5.41, 5.74) is 0.307. The average molecular weight is 325 g/mol. The van der Waals surface area contributed by atoms with Crippen molar-refractivity contribution in [2.45, 2.75) is 0 Å². The number of rotatable bonds is 2. The summed E-state index contributed by atoms with van der Waals surface area (Å²) in [5, 5.41) is 13.4. The van der Waals surface area contributed by atoms with Crippen LogP contribution in [0, 0.1) is 17.1 Å².